The van der Waals surface area contributed by atoms with Gasteiger partial charge in [-0.1, -0.05) is 6.92 Å². The lowest BCUT2D eigenvalue weighted by molar-refractivity contribution is 0.0601. The largest absolute Gasteiger partial charge is 0.301 e. The van der Waals surface area contributed by atoms with Gasteiger partial charge in [0.1, 0.15) is 0 Å². The quantitative estimate of drug-likeness (QED) is 0.758. The molecule has 0 aliphatic carbocycles. The zero-order valence-corrected chi connectivity index (χ0v) is 13.0. The van der Waals surface area contributed by atoms with Crippen LogP contribution >= 0.6 is 12.6 Å². The summed E-state index contributed by atoms with van der Waals surface area (Å²) >= 11 is 4.30. The highest BCUT2D eigenvalue weighted by Crippen LogP contribution is 2.17. The first-order valence-corrected chi connectivity index (χ1v) is 7.65. The molecule has 0 aromatic heterocycles. The Morgan fingerprint density at radius 3 is 2.12 bits per heavy atom. The Morgan fingerprint density at radius 1 is 1.06 bits per heavy atom. The van der Waals surface area contributed by atoms with Gasteiger partial charge in [0.15, 0.2) is 0 Å². The monoisotopic (exact) mass is 258 g/mol. The standard InChI is InChI=1S/C14H30N2S/c1-13(6-12-17)5-7-15-8-10-16(11-9-15)14(2,3)4/h13,17H,5-12H2,1-4H3. The normalized spacial score (nSPS) is 21.7. The van der Waals surface area contributed by atoms with E-state index in [1.54, 1.807) is 0 Å². The molecule has 1 heterocycles. The first-order valence-electron chi connectivity index (χ1n) is 7.01. The molecule has 0 bridgehead atoms. The van der Waals surface area contributed by atoms with Gasteiger partial charge in [0, 0.05) is 31.7 Å². The van der Waals surface area contributed by atoms with Gasteiger partial charge in [0.05, 0.1) is 0 Å². The van der Waals surface area contributed by atoms with Crippen molar-refractivity contribution < 1.29 is 0 Å². The maximum absolute atomic E-state index is 4.30. The summed E-state index contributed by atoms with van der Waals surface area (Å²) in [4.78, 5) is 5.22. The number of piperazine rings is 1. The summed E-state index contributed by atoms with van der Waals surface area (Å²) in [6, 6.07) is 0. The number of rotatable bonds is 5. The van der Waals surface area contributed by atoms with Crippen molar-refractivity contribution in [2.24, 2.45) is 5.92 Å². The van der Waals surface area contributed by atoms with Crippen LogP contribution in [0, 0.1) is 5.92 Å². The van der Waals surface area contributed by atoms with E-state index in [2.05, 4.69) is 50.1 Å². The van der Waals surface area contributed by atoms with Crippen molar-refractivity contribution in [2.75, 3.05) is 38.5 Å². The van der Waals surface area contributed by atoms with Gasteiger partial charge in [-0.25, -0.2) is 0 Å². The van der Waals surface area contributed by atoms with E-state index in [0.29, 0.717) is 5.54 Å². The van der Waals surface area contributed by atoms with E-state index in [4.69, 9.17) is 0 Å². The summed E-state index contributed by atoms with van der Waals surface area (Å²) in [5, 5.41) is 0. The third-order valence-electron chi connectivity index (χ3n) is 3.88. The van der Waals surface area contributed by atoms with E-state index in [0.717, 1.165) is 11.7 Å². The lowest BCUT2D eigenvalue weighted by atomic mass is 10.0. The van der Waals surface area contributed by atoms with Crippen molar-refractivity contribution >= 4 is 12.6 Å². The van der Waals surface area contributed by atoms with Gasteiger partial charge in [-0.05, 0) is 51.8 Å². The van der Waals surface area contributed by atoms with E-state index < -0.39 is 0 Å². The Kier molecular flexibility index (Phi) is 6.32. The summed E-state index contributed by atoms with van der Waals surface area (Å²) in [7, 11) is 0. The summed E-state index contributed by atoms with van der Waals surface area (Å²) in [5.41, 5.74) is 0.339. The molecule has 1 aliphatic heterocycles. The molecule has 0 spiro atoms. The molecular weight excluding hydrogens is 228 g/mol. The van der Waals surface area contributed by atoms with Gasteiger partial charge >= 0.3 is 0 Å². The second kappa shape index (κ2) is 7.01. The van der Waals surface area contributed by atoms with Gasteiger partial charge in [-0.3, -0.25) is 4.90 Å². The fourth-order valence-corrected chi connectivity index (χ4v) is 2.85. The third kappa shape index (κ3) is 5.62. The zero-order valence-electron chi connectivity index (χ0n) is 12.1. The Hall–Kier alpha value is 0.270. The van der Waals surface area contributed by atoms with Crippen LogP contribution in [0.2, 0.25) is 0 Å². The van der Waals surface area contributed by atoms with E-state index in [-0.39, 0.29) is 0 Å². The van der Waals surface area contributed by atoms with Crippen LogP contribution in [0.15, 0.2) is 0 Å². The van der Waals surface area contributed by atoms with Crippen LogP contribution in [0.3, 0.4) is 0 Å². The summed E-state index contributed by atoms with van der Waals surface area (Å²) in [5.74, 6) is 1.85. The molecule has 0 aromatic rings. The van der Waals surface area contributed by atoms with Crippen molar-refractivity contribution in [1.29, 1.82) is 0 Å². The van der Waals surface area contributed by atoms with E-state index >= 15 is 0 Å². The topological polar surface area (TPSA) is 6.48 Å². The average Bonchev–Trinajstić information content (AvgIpc) is 2.26. The molecule has 1 rings (SSSR count). The van der Waals surface area contributed by atoms with Gasteiger partial charge < -0.3 is 4.90 Å². The summed E-state index contributed by atoms with van der Waals surface area (Å²) in [6.07, 6.45) is 2.58. The molecule has 0 aromatic carbocycles. The molecule has 0 N–H and O–H groups in total. The van der Waals surface area contributed by atoms with E-state index in [1.807, 2.05) is 0 Å². The second-order valence-electron chi connectivity index (χ2n) is 6.41. The fourth-order valence-electron chi connectivity index (χ4n) is 2.41. The van der Waals surface area contributed by atoms with Crippen LogP contribution < -0.4 is 0 Å². The van der Waals surface area contributed by atoms with Gasteiger partial charge in [0.2, 0.25) is 0 Å². The van der Waals surface area contributed by atoms with Crippen LogP contribution in [0.4, 0.5) is 0 Å². The molecule has 102 valence electrons. The van der Waals surface area contributed by atoms with E-state index in [9.17, 15) is 0 Å². The highest BCUT2D eigenvalue weighted by molar-refractivity contribution is 7.80. The molecule has 1 fully saturated rings. The minimum absolute atomic E-state index is 0.339. The number of hydrogen-bond donors (Lipinski definition) is 1. The molecule has 1 unspecified atom stereocenters. The molecule has 1 aliphatic rings. The smallest absolute Gasteiger partial charge is 0.0126 e. The van der Waals surface area contributed by atoms with Crippen LogP contribution in [0.5, 0.6) is 0 Å². The second-order valence-corrected chi connectivity index (χ2v) is 6.85. The number of nitrogens with zero attached hydrogens (tertiary/aromatic N) is 2. The van der Waals surface area contributed by atoms with Crippen LogP contribution in [-0.2, 0) is 0 Å². The fraction of sp³-hybridized carbons (Fsp3) is 1.00. The van der Waals surface area contributed by atoms with Crippen molar-refractivity contribution in [1.82, 2.24) is 9.80 Å². The molecule has 3 heteroatoms. The lowest BCUT2D eigenvalue weighted by Gasteiger charge is -2.42. The van der Waals surface area contributed by atoms with Gasteiger partial charge in [-0.2, -0.15) is 12.6 Å². The Morgan fingerprint density at radius 2 is 1.65 bits per heavy atom. The zero-order chi connectivity index (χ0) is 12.9. The number of hydrogen-bond acceptors (Lipinski definition) is 3. The molecule has 1 atom stereocenters. The molecular formula is C14H30N2S. The predicted molar refractivity (Wildman–Crippen MR) is 80.0 cm³/mol. The molecule has 0 amide bonds. The maximum Gasteiger partial charge on any atom is 0.0126 e. The van der Waals surface area contributed by atoms with Gasteiger partial charge in [0.25, 0.3) is 0 Å². The predicted octanol–water partition coefficient (Wildman–Crippen LogP) is 2.75. The Balaban J connectivity index is 2.19. The van der Waals surface area contributed by atoms with E-state index in [1.165, 1.54) is 45.6 Å². The van der Waals surface area contributed by atoms with Crippen molar-refractivity contribution in [2.45, 2.75) is 46.1 Å². The average molecular weight is 258 g/mol. The molecule has 0 saturated carbocycles. The number of thiol groups is 1. The van der Waals surface area contributed by atoms with Crippen molar-refractivity contribution in [3.63, 3.8) is 0 Å². The summed E-state index contributed by atoms with van der Waals surface area (Å²) in [6.45, 7) is 15.5. The van der Waals surface area contributed by atoms with Crippen molar-refractivity contribution in [3.05, 3.63) is 0 Å². The minimum Gasteiger partial charge on any atom is -0.301 e. The SMILES string of the molecule is CC(CCS)CCN1CCN(C(C)(C)C)CC1. The van der Waals surface area contributed by atoms with Crippen LogP contribution in [0.25, 0.3) is 0 Å². The first kappa shape index (κ1) is 15.3. The molecule has 0 radical (unpaired) electrons. The van der Waals surface area contributed by atoms with Crippen LogP contribution in [-0.4, -0.2) is 53.8 Å². The van der Waals surface area contributed by atoms with Gasteiger partial charge in [-0.15, -0.1) is 0 Å². The highest BCUT2D eigenvalue weighted by Gasteiger charge is 2.25. The molecule has 1 saturated heterocycles. The Bertz CT molecular complexity index is 205. The maximum atomic E-state index is 4.30. The molecule has 2 nitrogen and oxygen atoms in total. The summed E-state index contributed by atoms with van der Waals surface area (Å²) < 4.78 is 0. The molecule has 17 heavy (non-hydrogen) atoms. The van der Waals surface area contributed by atoms with Crippen molar-refractivity contribution in [3.8, 4) is 0 Å². The third-order valence-corrected chi connectivity index (χ3v) is 4.14. The lowest BCUT2D eigenvalue weighted by Crippen LogP contribution is -2.53. The first-order chi connectivity index (χ1) is 7.93. The minimum atomic E-state index is 0.339. The van der Waals surface area contributed by atoms with Crippen LogP contribution in [0.1, 0.15) is 40.5 Å². The highest BCUT2D eigenvalue weighted by atomic mass is 32.1. The Labute approximate surface area is 113 Å².